The molecule has 0 aliphatic rings. The van der Waals surface area contributed by atoms with Gasteiger partial charge in [-0.25, -0.2) is 0 Å². The first-order valence-electron chi connectivity index (χ1n) is 10.6. The molecule has 0 heterocycles. The Morgan fingerprint density at radius 2 is 0.897 bits per heavy atom. The fourth-order valence-electron chi connectivity index (χ4n) is 2.60. The first kappa shape index (κ1) is 34.2. The fourth-order valence-corrected chi connectivity index (χ4v) is 3.47. The van der Waals surface area contributed by atoms with Crippen molar-refractivity contribution in [2.75, 3.05) is 10.6 Å². The average molecular weight is 672 g/mol. The molecule has 0 saturated heterocycles. The Bertz CT molecular complexity index is 1290. The molecule has 0 aliphatic heterocycles. The summed E-state index contributed by atoms with van der Waals surface area (Å²) < 4.78 is 0. The van der Waals surface area contributed by atoms with Crippen molar-refractivity contribution in [3.63, 3.8) is 0 Å². The van der Waals surface area contributed by atoms with Crippen molar-refractivity contribution < 1.29 is 36.9 Å². The molecule has 0 unspecified atom stereocenters. The van der Waals surface area contributed by atoms with E-state index >= 15 is 0 Å². The monoisotopic (exact) mass is 669 g/mol. The van der Waals surface area contributed by atoms with Crippen LogP contribution >= 0.6 is 58.6 Å². The molecule has 0 aliphatic carbocycles. The van der Waals surface area contributed by atoms with E-state index in [1.807, 2.05) is 24.3 Å². The van der Waals surface area contributed by atoms with Crippen molar-refractivity contribution in [3.05, 3.63) is 128 Å². The second-order valence-electron chi connectivity index (χ2n) is 7.19. The molecular weight excluding hydrogens is 654 g/mol. The predicted molar refractivity (Wildman–Crippen MR) is 154 cm³/mol. The van der Waals surface area contributed by atoms with Gasteiger partial charge in [-0.05, 0) is 84.0 Å². The van der Waals surface area contributed by atoms with E-state index in [0.29, 0.717) is 25.2 Å². The quantitative estimate of drug-likeness (QED) is 0.197. The Kier molecular flexibility index (Phi) is 15.5. The molecule has 0 saturated carbocycles. The number of hydrogen-bond acceptors (Lipinski definition) is 5. The summed E-state index contributed by atoms with van der Waals surface area (Å²) in [7, 11) is 0. The van der Waals surface area contributed by atoms with Crippen molar-refractivity contribution in [2.45, 2.75) is 0 Å². The molecule has 0 aromatic heterocycles. The molecule has 4 aromatic carbocycles. The van der Waals surface area contributed by atoms with Crippen LogP contribution in [-0.4, -0.2) is 17.1 Å². The topological polar surface area (TPSA) is 104 Å². The number of benzene rings is 4. The zero-order valence-electron chi connectivity index (χ0n) is 19.6. The number of carbonyl (C=O) groups is 2. The maximum atomic E-state index is 10.2. The van der Waals surface area contributed by atoms with Crippen LogP contribution < -0.4 is 20.8 Å². The maximum absolute atomic E-state index is 10.2. The SMILES string of the molecule is O=C([O-])c1ccc(Cl)cc1.O=C([O-])c1ccc(Cl)cc1.S=C(Nc1cccc(Cl)c1)Nc1cccc(Cl)c1.[Cu+2]. The third-order valence-corrected chi connectivity index (χ3v) is 5.50. The molecule has 4 aromatic rings. The summed E-state index contributed by atoms with van der Waals surface area (Å²) in [5.41, 5.74) is 1.96. The normalized spacial score (nSPS) is 9.33. The van der Waals surface area contributed by atoms with Crippen molar-refractivity contribution >= 4 is 87.0 Å². The molecular formula is C27H18Cl4CuN2O4S. The summed E-state index contributed by atoms with van der Waals surface area (Å²) in [4.78, 5) is 20.3. The summed E-state index contributed by atoms with van der Waals surface area (Å²) in [6.45, 7) is 0. The number of carbonyl (C=O) groups excluding carboxylic acids is 2. The Hall–Kier alpha value is -2.81. The number of carboxylic acid groups (broad SMARTS) is 2. The summed E-state index contributed by atoms with van der Waals surface area (Å²) >= 11 is 28.0. The molecule has 6 nitrogen and oxygen atoms in total. The van der Waals surface area contributed by atoms with Gasteiger partial charge >= 0.3 is 17.1 Å². The molecule has 0 amide bonds. The Labute approximate surface area is 261 Å². The summed E-state index contributed by atoms with van der Waals surface area (Å²) in [6, 6.07) is 26.3. The molecule has 4 rings (SSSR count). The minimum atomic E-state index is -1.18. The van der Waals surface area contributed by atoms with E-state index in [0.717, 1.165) is 11.4 Å². The van der Waals surface area contributed by atoms with Gasteiger partial charge in [-0.1, -0.05) is 82.8 Å². The van der Waals surface area contributed by atoms with Gasteiger partial charge in [0.05, 0.1) is 11.9 Å². The Morgan fingerprint density at radius 3 is 1.18 bits per heavy atom. The molecule has 1 radical (unpaired) electrons. The Morgan fingerprint density at radius 1 is 0.564 bits per heavy atom. The van der Waals surface area contributed by atoms with Crippen LogP contribution in [0.3, 0.4) is 0 Å². The van der Waals surface area contributed by atoms with Gasteiger partial charge in [-0.3, -0.25) is 0 Å². The van der Waals surface area contributed by atoms with E-state index in [2.05, 4.69) is 10.6 Å². The van der Waals surface area contributed by atoms with Crippen molar-refractivity contribution in [1.29, 1.82) is 0 Å². The zero-order chi connectivity index (χ0) is 28.1. The average Bonchev–Trinajstić information content (AvgIpc) is 2.85. The van der Waals surface area contributed by atoms with E-state index in [9.17, 15) is 19.8 Å². The second-order valence-corrected chi connectivity index (χ2v) is 9.34. The van der Waals surface area contributed by atoms with Crippen molar-refractivity contribution in [2.24, 2.45) is 0 Å². The number of hydrogen-bond donors (Lipinski definition) is 2. The number of nitrogens with one attached hydrogen (secondary N) is 2. The van der Waals surface area contributed by atoms with Gasteiger partial charge in [-0.15, -0.1) is 0 Å². The van der Waals surface area contributed by atoms with Crippen LogP contribution in [0.2, 0.25) is 20.1 Å². The van der Waals surface area contributed by atoms with E-state index in [1.54, 1.807) is 24.3 Å². The minimum absolute atomic E-state index is 0. The largest absolute Gasteiger partial charge is 2.00 e. The summed E-state index contributed by atoms with van der Waals surface area (Å²) in [6.07, 6.45) is 0. The number of thiocarbonyl (C=S) groups is 1. The molecule has 0 spiro atoms. The molecule has 0 atom stereocenters. The smallest absolute Gasteiger partial charge is 0.545 e. The van der Waals surface area contributed by atoms with Gasteiger partial charge in [0.25, 0.3) is 0 Å². The van der Waals surface area contributed by atoms with Crippen LogP contribution in [0.5, 0.6) is 0 Å². The zero-order valence-corrected chi connectivity index (χ0v) is 24.4. The maximum Gasteiger partial charge on any atom is 2.00 e. The van der Waals surface area contributed by atoms with Crippen molar-refractivity contribution in [1.82, 2.24) is 0 Å². The van der Waals surface area contributed by atoms with Crippen LogP contribution in [0.4, 0.5) is 11.4 Å². The van der Waals surface area contributed by atoms with Crippen LogP contribution in [0.15, 0.2) is 97.1 Å². The van der Waals surface area contributed by atoms with Gasteiger partial charge in [0.2, 0.25) is 0 Å². The van der Waals surface area contributed by atoms with Gasteiger partial charge in [0.15, 0.2) is 5.11 Å². The molecule has 205 valence electrons. The standard InChI is InChI=1S/C13H10Cl2N2S.2C7H5ClO2.Cu/c14-9-3-1-5-11(7-9)16-13(18)17-12-6-2-4-10(15)8-12;2*8-6-3-1-5(2-4-6)7(9)10;/h1-8H,(H2,16,17,18);2*1-4H,(H,9,10);/q;;;+2/p-2. The van der Waals surface area contributed by atoms with Crippen LogP contribution in [0.1, 0.15) is 20.7 Å². The van der Waals surface area contributed by atoms with Crippen LogP contribution in [-0.2, 0) is 17.1 Å². The van der Waals surface area contributed by atoms with E-state index in [-0.39, 0.29) is 28.2 Å². The molecule has 0 fully saturated rings. The third kappa shape index (κ3) is 13.7. The summed E-state index contributed by atoms with van der Waals surface area (Å²) in [5.74, 6) is -2.37. The minimum Gasteiger partial charge on any atom is -0.545 e. The number of halogens is 4. The van der Waals surface area contributed by atoms with Crippen LogP contribution in [0, 0.1) is 0 Å². The second kappa shape index (κ2) is 17.7. The molecule has 2 N–H and O–H groups in total. The number of aromatic carboxylic acids is 2. The van der Waals surface area contributed by atoms with E-state index in [4.69, 9.17) is 58.6 Å². The van der Waals surface area contributed by atoms with Gasteiger partial charge in [-0.2, -0.15) is 0 Å². The number of anilines is 2. The van der Waals surface area contributed by atoms with Gasteiger partial charge in [0, 0.05) is 31.5 Å². The van der Waals surface area contributed by atoms with Crippen LogP contribution in [0.25, 0.3) is 0 Å². The number of rotatable bonds is 4. The predicted octanol–water partition coefficient (Wildman–Crippen LogP) is 6.21. The molecule has 12 heteroatoms. The van der Waals surface area contributed by atoms with E-state index in [1.165, 1.54) is 48.5 Å². The molecule has 39 heavy (non-hydrogen) atoms. The van der Waals surface area contributed by atoms with Gasteiger partial charge < -0.3 is 30.4 Å². The third-order valence-electron chi connectivity index (χ3n) is 4.32. The summed E-state index contributed by atoms with van der Waals surface area (Å²) in [5, 5.41) is 29.2. The fraction of sp³-hybridized carbons (Fsp3) is 0. The molecule has 0 bridgehead atoms. The first-order chi connectivity index (χ1) is 18.0. The number of carboxylic acids is 2. The van der Waals surface area contributed by atoms with Crippen molar-refractivity contribution in [3.8, 4) is 0 Å². The van der Waals surface area contributed by atoms with E-state index < -0.39 is 11.9 Å². The first-order valence-corrected chi connectivity index (χ1v) is 12.5. The Balaban J connectivity index is 0.000000311. The van der Waals surface area contributed by atoms with Gasteiger partial charge in [0.1, 0.15) is 0 Å².